The fourth-order valence-corrected chi connectivity index (χ4v) is 2.51. The van der Waals surface area contributed by atoms with Crippen molar-refractivity contribution >= 4 is 40.5 Å². The molecule has 1 aromatic rings. The number of anilines is 1. The summed E-state index contributed by atoms with van der Waals surface area (Å²) >= 11 is 0.729. The Morgan fingerprint density at radius 3 is 2.62 bits per heavy atom. The minimum absolute atomic E-state index is 0.171. The Labute approximate surface area is 122 Å². The van der Waals surface area contributed by atoms with E-state index in [0.29, 0.717) is 0 Å². The molecular formula is C12H10N2O6S. The molecule has 2 rings (SSSR count). The monoisotopic (exact) mass is 310 g/mol. The van der Waals surface area contributed by atoms with Gasteiger partial charge in [0.25, 0.3) is 5.24 Å². The molecule has 9 heteroatoms. The number of carbonyl (C=O) groups excluding carboxylic acids is 3. The molecule has 110 valence electrons. The van der Waals surface area contributed by atoms with E-state index >= 15 is 0 Å². The normalized spacial score (nSPS) is 17.4. The van der Waals surface area contributed by atoms with E-state index in [1.165, 1.54) is 6.07 Å². The molecule has 0 aliphatic carbocycles. The highest BCUT2D eigenvalue weighted by Crippen LogP contribution is 2.24. The molecule has 0 spiro atoms. The highest BCUT2D eigenvalue weighted by Gasteiger charge is 2.33. The third-order valence-electron chi connectivity index (χ3n) is 2.65. The van der Waals surface area contributed by atoms with E-state index in [9.17, 15) is 24.3 Å². The minimum Gasteiger partial charge on any atom is -0.507 e. The first-order valence-electron chi connectivity index (χ1n) is 5.74. The summed E-state index contributed by atoms with van der Waals surface area (Å²) in [5, 5.41) is 21.4. The first kappa shape index (κ1) is 14.9. The number of benzene rings is 1. The molecule has 1 fully saturated rings. The summed E-state index contributed by atoms with van der Waals surface area (Å²) < 4.78 is 0. The van der Waals surface area contributed by atoms with Gasteiger partial charge in [0, 0.05) is 12.1 Å². The van der Waals surface area contributed by atoms with Crippen LogP contribution in [-0.2, 0) is 9.59 Å². The molecule has 1 aromatic carbocycles. The second kappa shape index (κ2) is 5.83. The van der Waals surface area contributed by atoms with E-state index in [0.717, 1.165) is 23.9 Å². The van der Waals surface area contributed by atoms with Crippen LogP contribution in [0.15, 0.2) is 18.2 Å². The zero-order chi connectivity index (χ0) is 15.6. The topological polar surface area (TPSA) is 133 Å². The lowest BCUT2D eigenvalue weighted by molar-refractivity contribution is -0.122. The van der Waals surface area contributed by atoms with Gasteiger partial charge in [-0.1, -0.05) is 11.8 Å². The van der Waals surface area contributed by atoms with Gasteiger partial charge in [-0.3, -0.25) is 19.7 Å². The van der Waals surface area contributed by atoms with Gasteiger partial charge < -0.3 is 15.5 Å². The Balaban J connectivity index is 2.03. The summed E-state index contributed by atoms with van der Waals surface area (Å²) in [6.45, 7) is 0. The van der Waals surface area contributed by atoms with Crippen molar-refractivity contribution in [3.8, 4) is 5.75 Å². The predicted molar refractivity (Wildman–Crippen MR) is 73.2 cm³/mol. The van der Waals surface area contributed by atoms with Gasteiger partial charge in [-0.25, -0.2) is 4.79 Å². The van der Waals surface area contributed by atoms with Gasteiger partial charge in [0.2, 0.25) is 11.8 Å². The molecule has 21 heavy (non-hydrogen) atoms. The third kappa shape index (κ3) is 3.51. The maximum absolute atomic E-state index is 11.8. The molecular weight excluding hydrogens is 300 g/mol. The number of thioether (sulfide) groups is 1. The summed E-state index contributed by atoms with van der Waals surface area (Å²) in [5.74, 6) is -2.83. The van der Waals surface area contributed by atoms with Crippen LogP contribution in [0.4, 0.5) is 10.5 Å². The van der Waals surface area contributed by atoms with Crippen LogP contribution >= 0.6 is 11.8 Å². The predicted octanol–water partition coefficient (Wildman–Crippen LogP) is 0.771. The van der Waals surface area contributed by atoms with Crippen molar-refractivity contribution < 1.29 is 29.4 Å². The molecule has 0 saturated carbocycles. The molecule has 1 heterocycles. The number of carbonyl (C=O) groups is 4. The van der Waals surface area contributed by atoms with Crippen LogP contribution in [0.5, 0.6) is 5.75 Å². The standard InChI is InChI=1S/C12H10N2O6S/c15-7-2-1-5(3-6(7)11(18)19)13-9(16)4-8-10(17)14-12(20)21-8/h1-3,8,15H,4H2,(H,13,16)(H,18,19)(H,14,17,20)/t8-/m0/s1. The average molecular weight is 310 g/mol. The van der Waals surface area contributed by atoms with Crippen molar-refractivity contribution in [1.29, 1.82) is 0 Å². The highest BCUT2D eigenvalue weighted by atomic mass is 32.2. The molecule has 1 aliphatic heterocycles. The molecule has 0 aromatic heterocycles. The molecule has 1 saturated heterocycles. The fraction of sp³-hybridized carbons (Fsp3) is 0.167. The average Bonchev–Trinajstić information content (AvgIpc) is 2.69. The second-order valence-electron chi connectivity index (χ2n) is 4.17. The third-order valence-corrected chi connectivity index (χ3v) is 3.63. The van der Waals surface area contributed by atoms with E-state index in [1.54, 1.807) is 0 Å². The number of amides is 3. The number of carboxylic acid groups (broad SMARTS) is 1. The summed E-state index contributed by atoms with van der Waals surface area (Å²) in [6, 6.07) is 3.56. The number of phenols is 1. The number of rotatable bonds is 4. The zero-order valence-corrected chi connectivity index (χ0v) is 11.3. The number of carboxylic acids is 1. The fourth-order valence-electron chi connectivity index (χ4n) is 1.69. The van der Waals surface area contributed by atoms with Crippen LogP contribution in [0, 0.1) is 0 Å². The second-order valence-corrected chi connectivity index (χ2v) is 5.35. The van der Waals surface area contributed by atoms with Crippen LogP contribution < -0.4 is 10.6 Å². The summed E-state index contributed by atoms with van der Waals surface area (Å²) in [4.78, 5) is 44.9. The largest absolute Gasteiger partial charge is 0.507 e. The minimum atomic E-state index is -1.33. The lowest BCUT2D eigenvalue weighted by Crippen LogP contribution is -2.27. The van der Waals surface area contributed by atoms with Crippen LogP contribution in [0.1, 0.15) is 16.8 Å². The van der Waals surface area contributed by atoms with Gasteiger partial charge in [-0.15, -0.1) is 0 Å². The molecule has 0 radical (unpaired) electrons. The lowest BCUT2D eigenvalue weighted by Gasteiger charge is -2.08. The van der Waals surface area contributed by atoms with Crippen molar-refractivity contribution in [1.82, 2.24) is 5.32 Å². The summed E-state index contributed by atoms with van der Waals surface area (Å²) in [5.41, 5.74) is -0.180. The number of nitrogens with one attached hydrogen (secondary N) is 2. The number of aromatic hydroxyl groups is 1. The summed E-state index contributed by atoms with van der Waals surface area (Å²) in [6.07, 6.45) is -0.217. The van der Waals surface area contributed by atoms with Gasteiger partial charge in [-0.05, 0) is 18.2 Å². The quantitative estimate of drug-likeness (QED) is 0.604. The molecule has 4 N–H and O–H groups in total. The Hall–Kier alpha value is -2.55. The van der Waals surface area contributed by atoms with E-state index in [1.807, 2.05) is 0 Å². The Morgan fingerprint density at radius 1 is 1.33 bits per heavy atom. The molecule has 1 aliphatic rings. The van der Waals surface area contributed by atoms with Gasteiger partial charge in [0.05, 0.1) is 0 Å². The van der Waals surface area contributed by atoms with E-state index in [4.69, 9.17) is 5.11 Å². The van der Waals surface area contributed by atoms with Gasteiger partial charge in [0.1, 0.15) is 16.6 Å². The zero-order valence-electron chi connectivity index (χ0n) is 10.5. The van der Waals surface area contributed by atoms with E-state index in [-0.39, 0.29) is 17.7 Å². The van der Waals surface area contributed by atoms with E-state index in [2.05, 4.69) is 10.6 Å². The van der Waals surface area contributed by atoms with Crippen molar-refractivity contribution in [3.63, 3.8) is 0 Å². The number of hydrogen-bond donors (Lipinski definition) is 4. The van der Waals surface area contributed by atoms with Crippen LogP contribution in [0.3, 0.4) is 0 Å². The Morgan fingerprint density at radius 2 is 2.05 bits per heavy atom. The Bertz CT molecular complexity index is 645. The molecule has 8 nitrogen and oxygen atoms in total. The molecule has 1 atom stereocenters. The SMILES string of the molecule is O=C(C[C@@H]1SC(=O)NC1=O)Nc1ccc(O)c(C(=O)O)c1. The van der Waals surface area contributed by atoms with Crippen molar-refractivity contribution in [3.05, 3.63) is 23.8 Å². The highest BCUT2D eigenvalue weighted by molar-refractivity contribution is 8.15. The first-order valence-corrected chi connectivity index (χ1v) is 6.62. The van der Waals surface area contributed by atoms with Gasteiger partial charge >= 0.3 is 5.97 Å². The Kier molecular flexibility index (Phi) is 4.13. The maximum Gasteiger partial charge on any atom is 0.339 e. The van der Waals surface area contributed by atoms with Crippen LogP contribution in [-0.4, -0.2) is 38.5 Å². The van der Waals surface area contributed by atoms with Crippen molar-refractivity contribution in [2.75, 3.05) is 5.32 Å². The molecule has 3 amide bonds. The van der Waals surface area contributed by atoms with Gasteiger partial charge in [-0.2, -0.15) is 0 Å². The van der Waals surface area contributed by atoms with Crippen LogP contribution in [0.2, 0.25) is 0 Å². The molecule has 0 unspecified atom stereocenters. The first-order chi connectivity index (χ1) is 9.86. The number of imide groups is 1. The smallest absolute Gasteiger partial charge is 0.339 e. The molecule has 0 bridgehead atoms. The van der Waals surface area contributed by atoms with Crippen molar-refractivity contribution in [2.45, 2.75) is 11.7 Å². The van der Waals surface area contributed by atoms with Crippen LogP contribution in [0.25, 0.3) is 0 Å². The lowest BCUT2D eigenvalue weighted by atomic mass is 10.1. The van der Waals surface area contributed by atoms with Crippen molar-refractivity contribution in [2.24, 2.45) is 0 Å². The van der Waals surface area contributed by atoms with Gasteiger partial charge in [0.15, 0.2) is 0 Å². The summed E-state index contributed by atoms with van der Waals surface area (Å²) in [7, 11) is 0. The number of hydrogen-bond acceptors (Lipinski definition) is 6. The van der Waals surface area contributed by atoms with E-state index < -0.39 is 34.0 Å². The maximum atomic E-state index is 11.8. The number of aromatic carboxylic acids is 1.